The highest BCUT2D eigenvalue weighted by atomic mass is 16.5. The molecule has 1 aliphatic heterocycles. The number of aromatic nitrogens is 1. The molecule has 2 aromatic carbocycles. The SMILES string of the molecule is CCCCCOc1ccc([C@H]2/C(=C(\O)c3ccccc3)C(=O)C(=O)N2c2cc(C)on2)cc1. The Balaban J connectivity index is 1.75. The molecule has 0 saturated carbocycles. The molecule has 1 saturated heterocycles. The number of ether oxygens (including phenoxy) is 1. The molecule has 1 atom stereocenters. The van der Waals surface area contributed by atoms with Crippen LogP contribution in [0.1, 0.15) is 49.1 Å². The fourth-order valence-corrected chi connectivity index (χ4v) is 3.89. The number of aliphatic hydroxyl groups is 1. The van der Waals surface area contributed by atoms with E-state index in [2.05, 4.69) is 12.1 Å². The van der Waals surface area contributed by atoms with Gasteiger partial charge in [-0.2, -0.15) is 0 Å². The molecule has 170 valence electrons. The molecule has 0 spiro atoms. The number of Topliss-reactive ketones (excluding diaryl/α,β-unsaturated/α-hetero) is 1. The van der Waals surface area contributed by atoms with E-state index in [0.717, 1.165) is 19.3 Å². The number of unbranched alkanes of at least 4 members (excludes halogenated alkanes) is 2. The lowest BCUT2D eigenvalue weighted by Crippen LogP contribution is -2.29. The number of aryl methyl sites for hydroxylation is 1. The molecule has 2 heterocycles. The smallest absolute Gasteiger partial charge is 0.301 e. The maximum Gasteiger partial charge on any atom is 0.301 e. The van der Waals surface area contributed by atoms with Crippen molar-refractivity contribution < 1.29 is 24.0 Å². The Morgan fingerprint density at radius 2 is 1.82 bits per heavy atom. The Bertz CT molecular complexity index is 1160. The molecule has 7 heteroatoms. The molecule has 4 rings (SSSR count). The molecule has 1 amide bonds. The van der Waals surface area contributed by atoms with Gasteiger partial charge in [-0.25, -0.2) is 0 Å². The quantitative estimate of drug-likeness (QED) is 0.222. The van der Waals surface area contributed by atoms with Gasteiger partial charge in [-0.1, -0.05) is 67.4 Å². The molecule has 0 radical (unpaired) electrons. The van der Waals surface area contributed by atoms with Crippen molar-refractivity contribution in [3.8, 4) is 5.75 Å². The summed E-state index contributed by atoms with van der Waals surface area (Å²) >= 11 is 0. The molecule has 3 aromatic rings. The molecular weight excluding hydrogens is 420 g/mol. The van der Waals surface area contributed by atoms with Crippen molar-refractivity contribution in [1.82, 2.24) is 5.16 Å². The number of carbonyl (C=O) groups excluding carboxylic acids is 2. The number of ketones is 1. The van der Waals surface area contributed by atoms with Crippen molar-refractivity contribution in [2.75, 3.05) is 11.5 Å². The van der Waals surface area contributed by atoms with Crippen molar-refractivity contribution in [3.05, 3.63) is 83.1 Å². The van der Waals surface area contributed by atoms with E-state index in [9.17, 15) is 14.7 Å². The normalized spacial score (nSPS) is 17.5. The number of aliphatic hydroxyl groups excluding tert-OH is 1. The van der Waals surface area contributed by atoms with E-state index in [-0.39, 0.29) is 17.2 Å². The lowest BCUT2D eigenvalue weighted by atomic mass is 9.95. The lowest BCUT2D eigenvalue weighted by Gasteiger charge is -2.23. The van der Waals surface area contributed by atoms with Crippen molar-refractivity contribution in [1.29, 1.82) is 0 Å². The first-order valence-corrected chi connectivity index (χ1v) is 11.0. The molecule has 0 aliphatic carbocycles. The third-order valence-electron chi connectivity index (χ3n) is 5.57. The van der Waals surface area contributed by atoms with E-state index in [0.29, 0.717) is 29.2 Å². The summed E-state index contributed by atoms with van der Waals surface area (Å²) in [5.41, 5.74) is 1.10. The average molecular weight is 447 g/mol. The first kappa shape index (κ1) is 22.3. The van der Waals surface area contributed by atoms with Crippen LogP contribution in [0.3, 0.4) is 0 Å². The zero-order valence-corrected chi connectivity index (χ0v) is 18.7. The molecule has 7 nitrogen and oxygen atoms in total. The third-order valence-corrected chi connectivity index (χ3v) is 5.57. The van der Waals surface area contributed by atoms with Gasteiger partial charge in [0.25, 0.3) is 5.78 Å². The molecule has 33 heavy (non-hydrogen) atoms. The van der Waals surface area contributed by atoms with Crippen LogP contribution in [-0.4, -0.2) is 28.6 Å². The maximum atomic E-state index is 13.1. The molecule has 1 aromatic heterocycles. The highest BCUT2D eigenvalue weighted by Gasteiger charge is 2.48. The van der Waals surface area contributed by atoms with Gasteiger partial charge in [0.05, 0.1) is 18.2 Å². The van der Waals surface area contributed by atoms with E-state index in [1.807, 2.05) is 6.07 Å². The van der Waals surface area contributed by atoms with E-state index in [1.165, 1.54) is 4.90 Å². The van der Waals surface area contributed by atoms with Gasteiger partial charge >= 0.3 is 5.91 Å². The van der Waals surface area contributed by atoms with E-state index >= 15 is 0 Å². The van der Waals surface area contributed by atoms with Gasteiger partial charge in [-0.05, 0) is 31.0 Å². The minimum absolute atomic E-state index is 0.00321. The summed E-state index contributed by atoms with van der Waals surface area (Å²) in [5.74, 6) is -0.364. The van der Waals surface area contributed by atoms with Crippen LogP contribution in [-0.2, 0) is 9.59 Å². The van der Waals surface area contributed by atoms with Gasteiger partial charge in [0.2, 0.25) is 0 Å². The highest BCUT2D eigenvalue weighted by molar-refractivity contribution is 6.51. The summed E-state index contributed by atoms with van der Waals surface area (Å²) in [6, 6.07) is 16.6. The lowest BCUT2D eigenvalue weighted by molar-refractivity contribution is -0.132. The summed E-state index contributed by atoms with van der Waals surface area (Å²) in [6.45, 7) is 4.46. The molecular formula is C26H26N2O5. The van der Waals surface area contributed by atoms with Crippen LogP contribution in [0.5, 0.6) is 5.75 Å². The van der Waals surface area contributed by atoms with Gasteiger partial charge in [-0.3, -0.25) is 14.5 Å². The number of hydrogen-bond donors (Lipinski definition) is 1. The largest absolute Gasteiger partial charge is 0.507 e. The number of nitrogens with zero attached hydrogens (tertiary/aromatic N) is 2. The number of carbonyl (C=O) groups is 2. The Labute approximate surface area is 192 Å². The topological polar surface area (TPSA) is 92.9 Å². The zero-order chi connectivity index (χ0) is 23.4. The Morgan fingerprint density at radius 3 is 2.45 bits per heavy atom. The molecule has 1 aliphatic rings. The minimum Gasteiger partial charge on any atom is -0.507 e. The zero-order valence-electron chi connectivity index (χ0n) is 18.7. The second-order valence-corrected chi connectivity index (χ2v) is 7.96. The minimum atomic E-state index is -0.858. The summed E-state index contributed by atoms with van der Waals surface area (Å²) in [6.07, 6.45) is 3.19. The Kier molecular flexibility index (Phi) is 6.58. The summed E-state index contributed by atoms with van der Waals surface area (Å²) in [5, 5.41) is 15.0. The van der Waals surface area contributed by atoms with Crippen LogP contribution in [0, 0.1) is 6.92 Å². The predicted octanol–water partition coefficient (Wildman–Crippen LogP) is 5.18. The van der Waals surface area contributed by atoms with Gasteiger partial charge < -0.3 is 14.4 Å². The predicted molar refractivity (Wildman–Crippen MR) is 124 cm³/mol. The van der Waals surface area contributed by atoms with Crippen molar-refractivity contribution in [3.63, 3.8) is 0 Å². The number of benzene rings is 2. The summed E-state index contributed by atoms with van der Waals surface area (Å²) in [4.78, 5) is 27.4. The van der Waals surface area contributed by atoms with E-state index in [4.69, 9.17) is 9.26 Å². The van der Waals surface area contributed by atoms with Crippen molar-refractivity contribution >= 4 is 23.3 Å². The first-order chi connectivity index (χ1) is 16.0. The van der Waals surface area contributed by atoms with Crippen LogP contribution < -0.4 is 9.64 Å². The number of anilines is 1. The van der Waals surface area contributed by atoms with Gasteiger partial charge in [-0.15, -0.1) is 0 Å². The second-order valence-electron chi connectivity index (χ2n) is 7.96. The van der Waals surface area contributed by atoms with E-state index in [1.54, 1.807) is 61.5 Å². The van der Waals surface area contributed by atoms with E-state index < -0.39 is 17.7 Å². The maximum absolute atomic E-state index is 13.1. The van der Waals surface area contributed by atoms with Gasteiger partial charge in [0.15, 0.2) is 5.82 Å². The third kappa shape index (κ3) is 4.53. The molecule has 1 N–H and O–H groups in total. The highest BCUT2D eigenvalue weighted by Crippen LogP contribution is 2.42. The molecule has 0 unspecified atom stereocenters. The molecule has 0 bridgehead atoms. The van der Waals surface area contributed by atoms with Gasteiger partial charge in [0, 0.05) is 11.6 Å². The van der Waals surface area contributed by atoms with Crippen LogP contribution >= 0.6 is 0 Å². The monoisotopic (exact) mass is 446 g/mol. The van der Waals surface area contributed by atoms with Crippen LogP contribution in [0.2, 0.25) is 0 Å². The summed E-state index contributed by atoms with van der Waals surface area (Å²) < 4.78 is 10.9. The Hall–Kier alpha value is -3.87. The average Bonchev–Trinajstić information content (AvgIpc) is 3.38. The van der Waals surface area contributed by atoms with Crippen LogP contribution in [0.25, 0.3) is 5.76 Å². The second kappa shape index (κ2) is 9.73. The standard InChI is InChI=1S/C26H26N2O5/c1-3-4-8-15-32-20-13-11-18(12-14-20)23-22(24(29)19-9-6-5-7-10-19)25(30)26(31)28(23)21-16-17(2)33-27-21/h5-7,9-14,16,23,29H,3-4,8,15H2,1-2H3/b24-22+/t23-/m0/s1. The fourth-order valence-electron chi connectivity index (χ4n) is 3.89. The van der Waals surface area contributed by atoms with Gasteiger partial charge in [0.1, 0.15) is 17.3 Å². The number of hydrogen-bond acceptors (Lipinski definition) is 6. The van der Waals surface area contributed by atoms with Crippen molar-refractivity contribution in [2.45, 2.75) is 39.2 Å². The first-order valence-electron chi connectivity index (χ1n) is 11.0. The number of amides is 1. The summed E-state index contributed by atoms with van der Waals surface area (Å²) in [7, 11) is 0. The van der Waals surface area contributed by atoms with Crippen LogP contribution in [0.15, 0.2) is 70.8 Å². The fraction of sp³-hybridized carbons (Fsp3) is 0.269. The Morgan fingerprint density at radius 1 is 1.09 bits per heavy atom. The molecule has 1 fully saturated rings. The van der Waals surface area contributed by atoms with Crippen LogP contribution in [0.4, 0.5) is 5.82 Å². The van der Waals surface area contributed by atoms with Crippen molar-refractivity contribution in [2.24, 2.45) is 0 Å². The number of rotatable bonds is 8.